The molecule has 0 atom stereocenters. The fourth-order valence-electron chi connectivity index (χ4n) is 6.68. The zero-order valence-electron chi connectivity index (χ0n) is 25.8. The number of anilines is 3. The molecule has 0 fully saturated rings. The molecule has 0 N–H and O–H groups in total. The van der Waals surface area contributed by atoms with Gasteiger partial charge in [0.15, 0.2) is 0 Å². The molecule has 1 nitrogen and oxygen atoms in total. The zero-order chi connectivity index (χ0) is 30.9. The van der Waals surface area contributed by atoms with E-state index in [4.69, 9.17) is 0 Å². The Kier molecular flexibility index (Phi) is 7.13. The van der Waals surface area contributed by atoms with Crippen molar-refractivity contribution in [2.24, 2.45) is 0 Å². The highest BCUT2D eigenvalue weighted by Gasteiger charge is 2.16. The average molecular weight is 588 g/mol. The van der Waals surface area contributed by atoms with Crippen LogP contribution in [0.3, 0.4) is 0 Å². The van der Waals surface area contributed by atoms with Crippen molar-refractivity contribution in [3.05, 3.63) is 187 Å². The molecule has 8 rings (SSSR count). The number of hydrogen-bond acceptors (Lipinski definition) is 1. The highest BCUT2D eigenvalue weighted by molar-refractivity contribution is 6.11. The second kappa shape index (κ2) is 11.9. The summed E-state index contributed by atoms with van der Waals surface area (Å²) >= 11 is 0. The first-order valence-electron chi connectivity index (χ1n) is 15.9. The zero-order valence-corrected chi connectivity index (χ0v) is 25.8. The van der Waals surface area contributed by atoms with Gasteiger partial charge in [0, 0.05) is 16.8 Å². The summed E-state index contributed by atoms with van der Waals surface area (Å²) in [6, 6.07) is 63.4. The van der Waals surface area contributed by atoms with Gasteiger partial charge in [0.05, 0.1) is 5.69 Å². The minimum atomic E-state index is 1.12. The molecule has 0 unspecified atom stereocenters. The molecular formula is C45H33N. The fourth-order valence-corrected chi connectivity index (χ4v) is 6.68. The highest BCUT2D eigenvalue weighted by Crippen LogP contribution is 2.40. The molecule has 1 heteroatoms. The smallest absolute Gasteiger partial charge is 0.0540 e. The van der Waals surface area contributed by atoms with Crippen molar-refractivity contribution in [1.82, 2.24) is 0 Å². The molecule has 0 spiro atoms. The van der Waals surface area contributed by atoms with Gasteiger partial charge in [0.25, 0.3) is 0 Å². The van der Waals surface area contributed by atoms with Crippen molar-refractivity contribution in [2.45, 2.75) is 6.92 Å². The van der Waals surface area contributed by atoms with Gasteiger partial charge in [-0.25, -0.2) is 0 Å². The van der Waals surface area contributed by atoms with Gasteiger partial charge in [-0.2, -0.15) is 0 Å². The fraction of sp³-hybridized carbons (Fsp3) is 0.0222. The maximum Gasteiger partial charge on any atom is 0.0540 e. The SMILES string of the molecule is C/C(=C/c1cc2ccccc2c2ccccc12)c1ccc(N(c2cccc(-c3ccccc3)c2)c2cccc3ccccc23)cc1. The Hall–Kier alpha value is -5.92. The van der Waals surface area contributed by atoms with E-state index < -0.39 is 0 Å². The predicted octanol–water partition coefficient (Wildman–Crippen LogP) is 12.8. The number of nitrogens with zero attached hydrogens (tertiary/aromatic N) is 1. The van der Waals surface area contributed by atoms with Crippen molar-refractivity contribution >= 4 is 61.0 Å². The van der Waals surface area contributed by atoms with Gasteiger partial charge in [0.2, 0.25) is 0 Å². The van der Waals surface area contributed by atoms with E-state index in [0.29, 0.717) is 0 Å². The van der Waals surface area contributed by atoms with Crippen LogP contribution in [0.4, 0.5) is 17.1 Å². The number of fused-ring (bicyclic) bond motifs is 4. The summed E-state index contributed by atoms with van der Waals surface area (Å²) in [6.07, 6.45) is 2.33. The van der Waals surface area contributed by atoms with Crippen LogP contribution in [-0.4, -0.2) is 0 Å². The van der Waals surface area contributed by atoms with Crippen molar-refractivity contribution in [1.29, 1.82) is 0 Å². The Morgan fingerprint density at radius 2 is 1.04 bits per heavy atom. The van der Waals surface area contributed by atoms with Gasteiger partial charge in [-0.05, 0) is 98.1 Å². The monoisotopic (exact) mass is 587 g/mol. The predicted molar refractivity (Wildman–Crippen MR) is 199 cm³/mol. The van der Waals surface area contributed by atoms with Crippen molar-refractivity contribution in [2.75, 3.05) is 4.90 Å². The van der Waals surface area contributed by atoms with Crippen molar-refractivity contribution in [3.8, 4) is 11.1 Å². The van der Waals surface area contributed by atoms with Gasteiger partial charge in [0.1, 0.15) is 0 Å². The molecule has 46 heavy (non-hydrogen) atoms. The minimum absolute atomic E-state index is 1.12. The molecule has 0 aliphatic rings. The Labute approximate surface area is 270 Å². The first-order chi connectivity index (χ1) is 22.7. The van der Waals surface area contributed by atoms with Crippen LogP contribution in [-0.2, 0) is 0 Å². The number of benzene rings is 8. The molecule has 0 radical (unpaired) electrons. The van der Waals surface area contributed by atoms with Crippen molar-refractivity contribution in [3.63, 3.8) is 0 Å². The van der Waals surface area contributed by atoms with Crippen LogP contribution in [0.1, 0.15) is 18.1 Å². The number of rotatable bonds is 6. The van der Waals surface area contributed by atoms with E-state index >= 15 is 0 Å². The Morgan fingerprint density at radius 3 is 1.85 bits per heavy atom. The van der Waals surface area contributed by atoms with Gasteiger partial charge in [-0.15, -0.1) is 0 Å². The molecule has 0 aliphatic carbocycles. The number of allylic oxidation sites excluding steroid dienone is 1. The Balaban J connectivity index is 1.23. The molecule has 218 valence electrons. The standard InChI is InChI=1S/C45H33N/c1-32(29-38-30-37-16-6-7-20-41(37)44-23-10-9-21-42(38)44)33-25-27-39(28-26-33)46(45-24-12-17-35-15-5-8-22-43(35)45)40-19-11-18-36(31-40)34-13-3-2-4-14-34/h2-31H,1H3/b32-29-. The van der Waals surface area contributed by atoms with E-state index in [9.17, 15) is 0 Å². The summed E-state index contributed by atoms with van der Waals surface area (Å²) < 4.78 is 0. The second-order valence-corrected chi connectivity index (χ2v) is 11.9. The largest absolute Gasteiger partial charge is 0.310 e. The number of hydrogen-bond donors (Lipinski definition) is 0. The van der Waals surface area contributed by atoms with E-state index in [-0.39, 0.29) is 0 Å². The van der Waals surface area contributed by atoms with E-state index in [0.717, 1.165) is 17.1 Å². The maximum absolute atomic E-state index is 2.38. The van der Waals surface area contributed by atoms with E-state index in [1.54, 1.807) is 0 Å². The summed E-state index contributed by atoms with van der Waals surface area (Å²) in [5, 5.41) is 7.57. The Bertz CT molecular complexity index is 2360. The Morgan fingerprint density at radius 1 is 0.435 bits per heavy atom. The lowest BCUT2D eigenvalue weighted by Gasteiger charge is -2.27. The molecule has 0 amide bonds. The first kappa shape index (κ1) is 27.6. The highest BCUT2D eigenvalue weighted by atomic mass is 15.1. The lowest BCUT2D eigenvalue weighted by molar-refractivity contribution is 1.29. The van der Waals surface area contributed by atoms with E-state index in [2.05, 4.69) is 194 Å². The van der Waals surface area contributed by atoms with Gasteiger partial charge in [-0.3, -0.25) is 0 Å². The molecule has 0 saturated carbocycles. The van der Waals surface area contributed by atoms with Crippen LogP contribution < -0.4 is 4.90 Å². The van der Waals surface area contributed by atoms with E-state index in [1.807, 2.05) is 0 Å². The molecule has 0 heterocycles. The third-order valence-electron chi connectivity index (χ3n) is 8.97. The topological polar surface area (TPSA) is 3.24 Å². The third-order valence-corrected chi connectivity index (χ3v) is 8.97. The van der Waals surface area contributed by atoms with Crippen LogP contribution >= 0.6 is 0 Å². The van der Waals surface area contributed by atoms with Crippen molar-refractivity contribution < 1.29 is 0 Å². The molecule has 8 aromatic carbocycles. The molecule has 0 bridgehead atoms. The van der Waals surface area contributed by atoms with Gasteiger partial charge >= 0.3 is 0 Å². The van der Waals surface area contributed by atoms with Gasteiger partial charge < -0.3 is 4.90 Å². The van der Waals surface area contributed by atoms with Crippen LogP contribution in [0.15, 0.2) is 176 Å². The summed E-state index contributed by atoms with van der Waals surface area (Å²) in [4.78, 5) is 2.38. The summed E-state index contributed by atoms with van der Waals surface area (Å²) in [7, 11) is 0. The van der Waals surface area contributed by atoms with Crippen LogP contribution in [0.2, 0.25) is 0 Å². The van der Waals surface area contributed by atoms with E-state index in [1.165, 1.54) is 60.1 Å². The maximum atomic E-state index is 2.38. The molecule has 0 aromatic heterocycles. The minimum Gasteiger partial charge on any atom is -0.310 e. The molecular weight excluding hydrogens is 555 g/mol. The van der Waals surface area contributed by atoms with Gasteiger partial charge in [-0.1, -0.05) is 146 Å². The quantitative estimate of drug-likeness (QED) is 0.138. The lowest BCUT2D eigenvalue weighted by Crippen LogP contribution is -2.10. The molecule has 8 aromatic rings. The summed E-state index contributed by atoms with van der Waals surface area (Å²) in [5.41, 5.74) is 9.49. The normalized spacial score (nSPS) is 11.7. The molecule has 0 aliphatic heterocycles. The lowest BCUT2D eigenvalue weighted by atomic mass is 9.95. The van der Waals surface area contributed by atoms with Crippen LogP contribution in [0.25, 0.3) is 55.1 Å². The third kappa shape index (κ3) is 5.12. The molecule has 0 saturated heterocycles. The van der Waals surface area contributed by atoms with Crippen LogP contribution in [0, 0.1) is 0 Å². The summed E-state index contributed by atoms with van der Waals surface area (Å²) in [5.74, 6) is 0. The second-order valence-electron chi connectivity index (χ2n) is 11.9. The van der Waals surface area contributed by atoms with Crippen LogP contribution in [0.5, 0.6) is 0 Å². The first-order valence-corrected chi connectivity index (χ1v) is 15.9. The summed E-state index contributed by atoms with van der Waals surface area (Å²) in [6.45, 7) is 2.21. The average Bonchev–Trinajstić information content (AvgIpc) is 3.13.